The molecule has 11 heteroatoms. The van der Waals surface area contributed by atoms with Crippen LogP contribution in [0, 0.1) is 15.9 Å². The molecule has 0 aromatic heterocycles. The second kappa shape index (κ2) is 9.85. The van der Waals surface area contributed by atoms with Crippen LogP contribution in [0.15, 0.2) is 47.4 Å². The van der Waals surface area contributed by atoms with E-state index >= 15 is 0 Å². The van der Waals surface area contributed by atoms with Gasteiger partial charge in [-0.15, -0.1) is 0 Å². The second-order valence-corrected chi connectivity index (χ2v) is 10.6. The molecule has 2 aliphatic rings. The summed E-state index contributed by atoms with van der Waals surface area (Å²) in [5, 5.41) is 11.8. The van der Waals surface area contributed by atoms with Crippen LogP contribution in [0.2, 0.25) is 0 Å². The molecule has 0 saturated carbocycles. The van der Waals surface area contributed by atoms with Crippen LogP contribution in [0.3, 0.4) is 0 Å². The van der Waals surface area contributed by atoms with E-state index in [0.29, 0.717) is 24.5 Å². The van der Waals surface area contributed by atoms with Gasteiger partial charge in [0.25, 0.3) is 5.69 Å². The number of nitro groups is 1. The lowest BCUT2D eigenvalue weighted by Gasteiger charge is -2.40. The minimum absolute atomic E-state index is 0.178. The number of sulfonamides is 1. The predicted molar refractivity (Wildman–Crippen MR) is 129 cm³/mol. The monoisotopic (exact) mass is 491 g/mol. The van der Waals surface area contributed by atoms with Crippen LogP contribution in [0.1, 0.15) is 13.8 Å². The first kappa shape index (κ1) is 24.4. The molecule has 4 rings (SSSR count). The van der Waals surface area contributed by atoms with Crippen LogP contribution in [-0.2, 0) is 10.0 Å². The third-order valence-electron chi connectivity index (χ3n) is 6.66. The van der Waals surface area contributed by atoms with E-state index in [1.165, 1.54) is 4.31 Å². The Bertz CT molecular complexity index is 1140. The Morgan fingerprint density at radius 1 is 1.00 bits per heavy atom. The van der Waals surface area contributed by atoms with Gasteiger partial charge in [-0.25, -0.2) is 12.8 Å². The quantitative estimate of drug-likeness (QED) is 0.453. The lowest BCUT2D eigenvalue weighted by Crippen LogP contribution is -2.54. The fourth-order valence-corrected chi connectivity index (χ4v) is 6.37. The van der Waals surface area contributed by atoms with E-state index in [9.17, 15) is 22.9 Å². The zero-order valence-corrected chi connectivity index (χ0v) is 20.2. The number of benzene rings is 2. The van der Waals surface area contributed by atoms with Gasteiger partial charge in [0, 0.05) is 51.9 Å². The van der Waals surface area contributed by atoms with E-state index in [-0.39, 0.29) is 30.2 Å². The molecule has 0 bridgehead atoms. The number of piperazine rings is 2. The van der Waals surface area contributed by atoms with Gasteiger partial charge in [-0.05, 0) is 31.7 Å². The molecule has 0 spiro atoms. The highest BCUT2D eigenvalue weighted by molar-refractivity contribution is 7.89. The number of halogens is 1. The van der Waals surface area contributed by atoms with Crippen molar-refractivity contribution >= 4 is 27.1 Å². The van der Waals surface area contributed by atoms with E-state index in [2.05, 4.69) is 11.8 Å². The molecule has 0 amide bonds. The summed E-state index contributed by atoms with van der Waals surface area (Å²) in [5.41, 5.74) is 0.367. The van der Waals surface area contributed by atoms with E-state index < -0.39 is 26.8 Å². The summed E-state index contributed by atoms with van der Waals surface area (Å²) in [7, 11) is -3.68. The van der Waals surface area contributed by atoms with E-state index in [4.69, 9.17) is 0 Å². The Morgan fingerprint density at radius 3 is 2.24 bits per heavy atom. The van der Waals surface area contributed by atoms with E-state index in [1.807, 2.05) is 4.90 Å². The predicted octanol–water partition coefficient (Wildman–Crippen LogP) is 2.78. The average molecular weight is 492 g/mol. The van der Waals surface area contributed by atoms with Crippen molar-refractivity contribution in [1.82, 2.24) is 9.21 Å². The van der Waals surface area contributed by atoms with Crippen LogP contribution in [0.4, 0.5) is 21.5 Å². The molecule has 2 saturated heterocycles. The van der Waals surface area contributed by atoms with Gasteiger partial charge in [-0.3, -0.25) is 10.1 Å². The largest absolute Gasteiger partial charge is 0.367 e. The maximum absolute atomic E-state index is 14.9. The van der Waals surface area contributed by atoms with E-state index in [0.717, 1.165) is 25.7 Å². The van der Waals surface area contributed by atoms with Gasteiger partial charge >= 0.3 is 0 Å². The number of rotatable bonds is 6. The number of nitrogens with zero attached hydrogens (tertiary/aromatic N) is 5. The Labute approximate surface area is 199 Å². The molecule has 2 heterocycles. The molecule has 184 valence electrons. The van der Waals surface area contributed by atoms with Gasteiger partial charge in [0.1, 0.15) is 5.69 Å². The molecule has 0 radical (unpaired) electrons. The molecule has 2 aliphatic heterocycles. The number of hydrogen-bond donors (Lipinski definition) is 0. The van der Waals surface area contributed by atoms with Crippen LogP contribution in [-0.4, -0.2) is 80.9 Å². The van der Waals surface area contributed by atoms with Gasteiger partial charge in [0.2, 0.25) is 10.0 Å². The molecule has 34 heavy (non-hydrogen) atoms. The molecule has 2 aromatic carbocycles. The maximum atomic E-state index is 14.9. The second-order valence-electron chi connectivity index (χ2n) is 8.69. The number of anilines is 2. The molecular weight excluding hydrogens is 461 g/mol. The summed E-state index contributed by atoms with van der Waals surface area (Å²) in [4.78, 5) is 17.4. The molecule has 2 aromatic rings. The molecule has 9 nitrogen and oxygen atoms in total. The summed E-state index contributed by atoms with van der Waals surface area (Å²) in [6.45, 7) is 8.39. The normalized spacial score (nSPS) is 20.5. The summed E-state index contributed by atoms with van der Waals surface area (Å²) in [6.07, 6.45) is 0. The summed E-state index contributed by atoms with van der Waals surface area (Å²) < 4.78 is 42.6. The highest BCUT2D eigenvalue weighted by Crippen LogP contribution is 2.37. The topological polar surface area (TPSA) is 90.2 Å². The Hall–Kier alpha value is -2.76. The highest BCUT2D eigenvalue weighted by atomic mass is 32.2. The van der Waals surface area contributed by atoms with Gasteiger partial charge in [-0.2, -0.15) is 4.31 Å². The molecule has 0 unspecified atom stereocenters. The molecule has 2 fully saturated rings. The molecule has 0 aliphatic carbocycles. The standard InChI is InChI=1S/C23H30FN5O4S/c1-3-25-9-11-26(12-10-25)21-16-22(23(29(30)31)15-20(21)24)27-13-14-28(18(2)17-27)34(32,33)19-7-5-4-6-8-19/h4-8,15-16,18H,3,9-14,17H2,1-2H3/t18-/m1/s1. The Kier molecular flexibility index (Phi) is 7.06. The molecule has 0 N–H and O–H groups in total. The first-order valence-electron chi connectivity index (χ1n) is 11.5. The van der Waals surface area contributed by atoms with Crippen molar-refractivity contribution in [2.24, 2.45) is 0 Å². The average Bonchev–Trinajstić information content (AvgIpc) is 2.84. The number of likely N-dealkylation sites (N-methyl/N-ethyl adjacent to an activating group) is 1. The Balaban J connectivity index is 1.60. The van der Waals surface area contributed by atoms with Crippen molar-refractivity contribution in [3.8, 4) is 0 Å². The SMILES string of the molecule is CCN1CCN(c2cc(N3CCN(S(=O)(=O)c4ccccc4)[C@H](C)C3)c([N+](=O)[O-])cc2F)CC1. The lowest BCUT2D eigenvalue weighted by atomic mass is 10.1. The Morgan fingerprint density at radius 2 is 1.65 bits per heavy atom. The van der Waals surface area contributed by atoms with Crippen LogP contribution in [0.5, 0.6) is 0 Å². The summed E-state index contributed by atoms with van der Waals surface area (Å²) in [5.74, 6) is -0.612. The summed E-state index contributed by atoms with van der Waals surface area (Å²) in [6, 6.07) is 10.4. The first-order valence-corrected chi connectivity index (χ1v) is 12.9. The maximum Gasteiger partial charge on any atom is 0.295 e. The van der Waals surface area contributed by atoms with Crippen LogP contribution in [0.25, 0.3) is 0 Å². The van der Waals surface area contributed by atoms with Crippen molar-refractivity contribution in [1.29, 1.82) is 0 Å². The first-order chi connectivity index (χ1) is 16.2. The van der Waals surface area contributed by atoms with Gasteiger partial charge < -0.3 is 14.7 Å². The van der Waals surface area contributed by atoms with Crippen LogP contribution >= 0.6 is 0 Å². The van der Waals surface area contributed by atoms with Crippen molar-refractivity contribution in [2.45, 2.75) is 24.8 Å². The number of nitro benzene ring substituents is 1. The highest BCUT2D eigenvalue weighted by Gasteiger charge is 2.36. The van der Waals surface area contributed by atoms with Crippen molar-refractivity contribution in [2.75, 3.05) is 62.2 Å². The van der Waals surface area contributed by atoms with Crippen molar-refractivity contribution < 1.29 is 17.7 Å². The third kappa shape index (κ3) is 4.73. The summed E-state index contributed by atoms with van der Waals surface area (Å²) >= 11 is 0. The van der Waals surface area contributed by atoms with Gasteiger partial charge in [0.15, 0.2) is 5.82 Å². The lowest BCUT2D eigenvalue weighted by molar-refractivity contribution is -0.384. The minimum atomic E-state index is -3.68. The molecular formula is C23H30FN5O4S. The smallest absolute Gasteiger partial charge is 0.295 e. The fourth-order valence-electron chi connectivity index (χ4n) is 4.73. The third-order valence-corrected chi connectivity index (χ3v) is 8.69. The zero-order valence-electron chi connectivity index (χ0n) is 19.4. The number of hydrogen-bond acceptors (Lipinski definition) is 7. The molecule has 1 atom stereocenters. The zero-order chi connectivity index (χ0) is 24.5. The minimum Gasteiger partial charge on any atom is -0.367 e. The fraction of sp³-hybridized carbons (Fsp3) is 0.478. The van der Waals surface area contributed by atoms with Crippen molar-refractivity contribution in [3.63, 3.8) is 0 Å². The van der Waals surface area contributed by atoms with Crippen molar-refractivity contribution in [3.05, 3.63) is 58.4 Å². The van der Waals surface area contributed by atoms with E-state index in [1.54, 1.807) is 48.2 Å². The van der Waals surface area contributed by atoms with Crippen LogP contribution < -0.4 is 9.80 Å². The van der Waals surface area contributed by atoms with Gasteiger partial charge in [-0.1, -0.05) is 25.1 Å². The van der Waals surface area contributed by atoms with Gasteiger partial charge in [0.05, 0.1) is 21.6 Å².